The van der Waals surface area contributed by atoms with Gasteiger partial charge in [-0.3, -0.25) is 9.89 Å². The Hall–Kier alpha value is -2.98. The summed E-state index contributed by atoms with van der Waals surface area (Å²) in [5.41, 5.74) is 1.99. The maximum Gasteiger partial charge on any atom is 0.274 e. The Balaban J connectivity index is 0.00000256. The van der Waals surface area contributed by atoms with Gasteiger partial charge in [-0.1, -0.05) is 5.21 Å². The van der Waals surface area contributed by atoms with E-state index in [2.05, 4.69) is 36.1 Å². The van der Waals surface area contributed by atoms with Crippen molar-refractivity contribution in [1.82, 2.24) is 40.8 Å². The zero-order valence-corrected chi connectivity index (χ0v) is 17.7. The van der Waals surface area contributed by atoms with Crippen LogP contribution in [0.5, 0.6) is 5.75 Å². The van der Waals surface area contributed by atoms with Crippen molar-refractivity contribution in [2.75, 3.05) is 20.2 Å². The summed E-state index contributed by atoms with van der Waals surface area (Å²) in [7, 11) is 1.62. The van der Waals surface area contributed by atoms with E-state index >= 15 is 0 Å². The van der Waals surface area contributed by atoms with Crippen molar-refractivity contribution < 1.29 is 9.53 Å². The van der Waals surface area contributed by atoms with Gasteiger partial charge in [-0.15, -0.1) is 17.5 Å². The van der Waals surface area contributed by atoms with E-state index in [1.165, 1.54) is 0 Å². The topological polar surface area (TPSA) is 123 Å². The molecule has 3 heterocycles. The lowest BCUT2D eigenvalue weighted by molar-refractivity contribution is 0.0944. The van der Waals surface area contributed by atoms with Crippen molar-refractivity contribution in [3.8, 4) is 17.1 Å². The summed E-state index contributed by atoms with van der Waals surface area (Å²) < 4.78 is 7.02. The molecule has 2 aromatic heterocycles. The maximum absolute atomic E-state index is 12.6. The molecule has 4 rings (SSSR count). The first-order valence-electron chi connectivity index (χ1n) is 9.62. The molecule has 10 nitrogen and oxygen atoms in total. The molecule has 0 spiro atoms. The van der Waals surface area contributed by atoms with Gasteiger partial charge in [-0.05, 0) is 57.1 Å². The second-order valence-corrected chi connectivity index (χ2v) is 6.97. The van der Waals surface area contributed by atoms with Crippen LogP contribution in [0, 0.1) is 6.92 Å². The number of ether oxygens (including phenoxy) is 1. The molecule has 0 bridgehead atoms. The molecule has 0 saturated carbocycles. The Morgan fingerprint density at radius 2 is 2.00 bits per heavy atom. The van der Waals surface area contributed by atoms with E-state index in [-0.39, 0.29) is 30.9 Å². The van der Waals surface area contributed by atoms with Crippen LogP contribution in [0.3, 0.4) is 0 Å². The molecule has 1 saturated heterocycles. The molecule has 3 aromatic rings. The molecule has 1 aromatic carbocycles. The second kappa shape index (κ2) is 9.68. The number of carbonyl (C=O) groups is 1. The normalized spacial score (nSPS) is 14.2. The summed E-state index contributed by atoms with van der Waals surface area (Å²) in [6.07, 6.45) is 1.97. The Bertz CT molecular complexity index is 979. The average molecular weight is 433 g/mol. The fourth-order valence-corrected chi connectivity index (χ4v) is 3.44. The number of nitrogens with zero attached hydrogens (tertiary/aromatic N) is 5. The van der Waals surface area contributed by atoms with Crippen LogP contribution in [0.4, 0.5) is 0 Å². The number of methoxy groups -OCH3 is 1. The standard InChI is InChI=1S/C19H24N8O2.ClH/c1-12-17(24-26-27(12)14-7-9-20-10-8-14)19(28)21-11-16-22-18(25-23-16)13-3-5-15(29-2)6-4-13;/h3-6,14,20H,7-11H2,1-2H3,(H,21,28)(H,22,23,25);1H. The van der Waals surface area contributed by atoms with Crippen LogP contribution < -0.4 is 15.4 Å². The van der Waals surface area contributed by atoms with Crippen molar-refractivity contribution in [2.45, 2.75) is 32.4 Å². The lowest BCUT2D eigenvalue weighted by Crippen LogP contribution is -2.30. The Morgan fingerprint density at radius 1 is 1.27 bits per heavy atom. The van der Waals surface area contributed by atoms with Gasteiger partial charge in [0.2, 0.25) is 0 Å². The van der Waals surface area contributed by atoms with Gasteiger partial charge in [0.1, 0.15) is 11.6 Å². The fraction of sp³-hybridized carbons (Fsp3) is 0.421. The van der Waals surface area contributed by atoms with Crippen LogP contribution in [0.25, 0.3) is 11.4 Å². The van der Waals surface area contributed by atoms with Crippen LogP contribution in [0.15, 0.2) is 24.3 Å². The molecular weight excluding hydrogens is 408 g/mol. The largest absolute Gasteiger partial charge is 0.497 e. The quantitative estimate of drug-likeness (QED) is 0.541. The molecule has 3 N–H and O–H groups in total. The van der Waals surface area contributed by atoms with Crippen molar-refractivity contribution in [1.29, 1.82) is 0 Å². The fourth-order valence-electron chi connectivity index (χ4n) is 3.44. The number of amides is 1. The number of aromatic nitrogens is 6. The third kappa shape index (κ3) is 4.60. The Morgan fingerprint density at radius 3 is 2.70 bits per heavy atom. The van der Waals surface area contributed by atoms with Gasteiger partial charge in [0.15, 0.2) is 11.5 Å². The highest BCUT2D eigenvalue weighted by Gasteiger charge is 2.23. The van der Waals surface area contributed by atoms with E-state index in [4.69, 9.17) is 4.74 Å². The van der Waals surface area contributed by atoms with E-state index in [0.29, 0.717) is 17.3 Å². The van der Waals surface area contributed by atoms with Crippen LogP contribution in [-0.2, 0) is 6.54 Å². The molecule has 30 heavy (non-hydrogen) atoms. The minimum Gasteiger partial charge on any atom is -0.497 e. The SMILES string of the molecule is COc1ccc(-c2n[nH]c(CNC(=O)c3nnn(C4CCNCC4)c3C)n2)cc1.Cl. The summed E-state index contributed by atoms with van der Waals surface area (Å²) in [5, 5.41) is 21.5. The zero-order chi connectivity index (χ0) is 20.2. The summed E-state index contributed by atoms with van der Waals surface area (Å²) in [5.74, 6) is 1.62. The minimum absolute atomic E-state index is 0. The maximum atomic E-state index is 12.6. The first-order valence-corrected chi connectivity index (χ1v) is 9.62. The number of piperidine rings is 1. The number of aromatic amines is 1. The monoisotopic (exact) mass is 432 g/mol. The summed E-state index contributed by atoms with van der Waals surface area (Å²) in [6, 6.07) is 7.75. The lowest BCUT2D eigenvalue weighted by Gasteiger charge is -2.23. The van der Waals surface area contributed by atoms with E-state index in [9.17, 15) is 4.79 Å². The Labute approximate surface area is 180 Å². The number of hydrogen-bond donors (Lipinski definition) is 3. The van der Waals surface area contributed by atoms with Gasteiger partial charge in [0, 0.05) is 5.56 Å². The predicted molar refractivity (Wildman–Crippen MR) is 113 cm³/mol. The van der Waals surface area contributed by atoms with Crippen LogP contribution >= 0.6 is 12.4 Å². The molecule has 1 aliphatic rings. The predicted octanol–water partition coefficient (Wildman–Crippen LogP) is 1.66. The second-order valence-electron chi connectivity index (χ2n) is 6.97. The summed E-state index contributed by atoms with van der Waals surface area (Å²) in [4.78, 5) is 17.0. The van der Waals surface area contributed by atoms with Gasteiger partial charge in [-0.25, -0.2) is 9.67 Å². The number of carbonyl (C=O) groups excluding carboxylic acids is 1. The zero-order valence-electron chi connectivity index (χ0n) is 16.9. The van der Waals surface area contributed by atoms with Crippen molar-refractivity contribution >= 4 is 18.3 Å². The Kier molecular flexibility index (Phi) is 7.01. The number of nitrogens with one attached hydrogen (secondary N) is 3. The first-order chi connectivity index (χ1) is 14.2. The molecule has 1 amide bonds. The van der Waals surface area contributed by atoms with Gasteiger partial charge in [0.05, 0.1) is 25.4 Å². The third-order valence-corrected chi connectivity index (χ3v) is 5.09. The molecule has 0 atom stereocenters. The molecular formula is C19H25ClN8O2. The molecule has 0 unspecified atom stereocenters. The molecule has 1 fully saturated rings. The highest BCUT2D eigenvalue weighted by Crippen LogP contribution is 2.21. The van der Waals surface area contributed by atoms with E-state index in [1.807, 2.05) is 35.9 Å². The smallest absolute Gasteiger partial charge is 0.274 e. The van der Waals surface area contributed by atoms with E-state index in [0.717, 1.165) is 42.9 Å². The molecule has 0 aliphatic carbocycles. The van der Waals surface area contributed by atoms with Gasteiger partial charge >= 0.3 is 0 Å². The highest BCUT2D eigenvalue weighted by molar-refractivity contribution is 5.93. The molecule has 0 radical (unpaired) electrons. The van der Waals surface area contributed by atoms with Gasteiger partial charge in [0.25, 0.3) is 5.91 Å². The third-order valence-electron chi connectivity index (χ3n) is 5.09. The average Bonchev–Trinajstić information content (AvgIpc) is 3.39. The number of halogens is 1. The highest BCUT2D eigenvalue weighted by atomic mass is 35.5. The lowest BCUT2D eigenvalue weighted by atomic mass is 10.1. The minimum atomic E-state index is -0.273. The summed E-state index contributed by atoms with van der Waals surface area (Å²) in [6.45, 7) is 4.01. The van der Waals surface area contributed by atoms with Crippen LogP contribution in [0.2, 0.25) is 0 Å². The number of rotatable bonds is 6. The molecule has 11 heteroatoms. The summed E-state index contributed by atoms with van der Waals surface area (Å²) >= 11 is 0. The number of hydrogen-bond acceptors (Lipinski definition) is 7. The number of H-pyrrole nitrogens is 1. The van der Waals surface area contributed by atoms with Gasteiger partial charge < -0.3 is 15.4 Å². The van der Waals surface area contributed by atoms with Crippen LogP contribution in [-0.4, -0.2) is 56.3 Å². The molecule has 1 aliphatic heterocycles. The van der Waals surface area contributed by atoms with Gasteiger partial charge in [-0.2, -0.15) is 5.10 Å². The van der Waals surface area contributed by atoms with Crippen molar-refractivity contribution in [3.05, 3.63) is 41.5 Å². The first kappa shape index (κ1) is 21.7. The van der Waals surface area contributed by atoms with Crippen LogP contribution in [0.1, 0.15) is 40.9 Å². The number of benzene rings is 1. The van der Waals surface area contributed by atoms with E-state index in [1.54, 1.807) is 7.11 Å². The van der Waals surface area contributed by atoms with E-state index < -0.39 is 0 Å². The van der Waals surface area contributed by atoms with Crippen molar-refractivity contribution in [2.24, 2.45) is 0 Å². The molecule has 160 valence electrons. The van der Waals surface area contributed by atoms with Crippen molar-refractivity contribution in [3.63, 3.8) is 0 Å².